The molecular formula is C25H20FIN2O2. The molecule has 0 saturated heterocycles. The summed E-state index contributed by atoms with van der Waals surface area (Å²) in [6, 6.07) is 22.9. The Balaban J connectivity index is 1.67. The van der Waals surface area contributed by atoms with E-state index in [2.05, 4.69) is 27.9 Å². The molecule has 0 saturated carbocycles. The molecule has 0 fully saturated rings. The number of rotatable bonds is 7. The van der Waals surface area contributed by atoms with Crippen molar-refractivity contribution in [3.63, 3.8) is 0 Å². The van der Waals surface area contributed by atoms with Crippen molar-refractivity contribution in [2.45, 2.75) is 19.6 Å². The van der Waals surface area contributed by atoms with Gasteiger partial charge in [0.25, 0.3) is 5.91 Å². The molecule has 156 valence electrons. The molecule has 0 aromatic heterocycles. The zero-order valence-electron chi connectivity index (χ0n) is 16.8. The topological polar surface area (TPSA) is 62.1 Å². The van der Waals surface area contributed by atoms with Crippen LogP contribution in [0, 0.1) is 20.7 Å². The number of hydrogen-bond acceptors (Lipinski definition) is 3. The Bertz CT molecular complexity index is 1120. The molecule has 1 amide bonds. The quantitative estimate of drug-likeness (QED) is 0.241. The Morgan fingerprint density at radius 3 is 2.52 bits per heavy atom. The van der Waals surface area contributed by atoms with E-state index in [0.717, 1.165) is 20.3 Å². The Hall–Kier alpha value is -3.18. The van der Waals surface area contributed by atoms with Crippen molar-refractivity contribution in [1.29, 1.82) is 5.26 Å². The van der Waals surface area contributed by atoms with Gasteiger partial charge in [-0.25, -0.2) is 4.39 Å². The number of hydrogen-bond donors (Lipinski definition) is 1. The number of nitriles is 1. The van der Waals surface area contributed by atoms with Crippen LogP contribution in [0.3, 0.4) is 0 Å². The summed E-state index contributed by atoms with van der Waals surface area (Å²) in [6.45, 7) is 2.19. The van der Waals surface area contributed by atoms with E-state index in [1.807, 2.05) is 49.4 Å². The van der Waals surface area contributed by atoms with Gasteiger partial charge in [-0.3, -0.25) is 4.79 Å². The van der Waals surface area contributed by atoms with E-state index in [1.54, 1.807) is 30.3 Å². The second-order valence-corrected chi connectivity index (χ2v) is 8.04. The van der Waals surface area contributed by atoms with Crippen molar-refractivity contribution in [3.8, 4) is 11.8 Å². The van der Waals surface area contributed by atoms with E-state index in [9.17, 15) is 14.4 Å². The minimum atomic E-state index is -0.425. The molecule has 31 heavy (non-hydrogen) atoms. The summed E-state index contributed by atoms with van der Waals surface area (Å²) in [7, 11) is 0. The Morgan fingerprint density at radius 1 is 1.16 bits per heavy atom. The highest BCUT2D eigenvalue weighted by molar-refractivity contribution is 14.1. The maximum atomic E-state index is 13.0. The van der Waals surface area contributed by atoms with Gasteiger partial charge in [-0.1, -0.05) is 48.5 Å². The summed E-state index contributed by atoms with van der Waals surface area (Å²) in [6.07, 6.45) is 1.55. The zero-order valence-corrected chi connectivity index (χ0v) is 19.0. The van der Waals surface area contributed by atoms with E-state index >= 15 is 0 Å². The summed E-state index contributed by atoms with van der Waals surface area (Å²) in [5, 5.41) is 12.3. The van der Waals surface area contributed by atoms with Crippen LogP contribution < -0.4 is 10.1 Å². The molecule has 3 aromatic rings. The molecule has 0 radical (unpaired) electrons. The van der Waals surface area contributed by atoms with Gasteiger partial charge in [0, 0.05) is 0 Å². The summed E-state index contributed by atoms with van der Waals surface area (Å²) in [5.41, 5.74) is 2.57. The summed E-state index contributed by atoms with van der Waals surface area (Å²) >= 11 is 2.14. The number of amides is 1. The van der Waals surface area contributed by atoms with Gasteiger partial charge in [-0.2, -0.15) is 5.26 Å². The number of carbonyl (C=O) groups excluding carboxylic acids is 1. The van der Waals surface area contributed by atoms with Gasteiger partial charge in [-0.15, -0.1) is 0 Å². The minimum Gasteiger partial charge on any atom is -0.488 e. The molecule has 1 N–H and O–H groups in total. The lowest BCUT2D eigenvalue weighted by Gasteiger charge is -2.14. The first-order valence-electron chi connectivity index (χ1n) is 9.60. The number of nitrogens with zero attached hydrogens (tertiary/aromatic N) is 1. The first kappa shape index (κ1) is 22.5. The fourth-order valence-corrected chi connectivity index (χ4v) is 3.58. The van der Waals surface area contributed by atoms with E-state index < -0.39 is 5.91 Å². The van der Waals surface area contributed by atoms with Crippen LogP contribution in [0.15, 0.2) is 78.4 Å². The van der Waals surface area contributed by atoms with Crippen LogP contribution in [-0.2, 0) is 11.4 Å². The van der Waals surface area contributed by atoms with Gasteiger partial charge < -0.3 is 10.1 Å². The fraction of sp³-hybridized carbons (Fsp3) is 0.120. The fourth-order valence-electron chi connectivity index (χ4n) is 2.88. The molecule has 6 heteroatoms. The highest BCUT2D eigenvalue weighted by Crippen LogP contribution is 2.24. The number of benzene rings is 3. The number of halogens is 2. The molecule has 0 bridgehead atoms. The van der Waals surface area contributed by atoms with Crippen LogP contribution in [0.1, 0.15) is 29.7 Å². The van der Waals surface area contributed by atoms with Crippen molar-refractivity contribution in [1.82, 2.24) is 5.32 Å². The van der Waals surface area contributed by atoms with Gasteiger partial charge in [0.2, 0.25) is 0 Å². The van der Waals surface area contributed by atoms with Crippen molar-refractivity contribution >= 4 is 34.6 Å². The molecule has 0 aliphatic heterocycles. The normalized spacial score (nSPS) is 12.0. The molecule has 0 heterocycles. The molecular weight excluding hydrogens is 506 g/mol. The second-order valence-electron chi connectivity index (χ2n) is 6.88. The average molecular weight is 526 g/mol. The SMILES string of the molecule is C[C@H](NC(=O)/C(C#N)=C\c1ccc(OCc2ccc(F)cc2)c(I)c1)c1ccccc1. The third kappa shape index (κ3) is 6.40. The first-order chi connectivity index (χ1) is 15.0. The maximum absolute atomic E-state index is 13.0. The van der Waals surface area contributed by atoms with E-state index in [-0.39, 0.29) is 17.4 Å². The predicted octanol–water partition coefficient (Wildman–Crippen LogP) is 5.79. The van der Waals surface area contributed by atoms with Gasteiger partial charge in [-0.05, 0) is 76.5 Å². The molecule has 0 aliphatic rings. The monoisotopic (exact) mass is 526 g/mol. The molecule has 0 aliphatic carbocycles. The summed E-state index contributed by atoms with van der Waals surface area (Å²) < 4.78 is 19.6. The molecule has 3 rings (SSSR count). The van der Waals surface area contributed by atoms with E-state index in [1.165, 1.54) is 12.1 Å². The lowest BCUT2D eigenvalue weighted by atomic mass is 10.1. The number of carbonyl (C=O) groups is 1. The number of ether oxygens (including phenoxy) is 1. The third-order valence-corrected chi connectivity index (χ3v) is 5.43. The largest absolute Gasteiger partial charge is 0.488 e. The maximum Gasteiger partial charge on any atom is 0.262 e. The van der Waals surface area contributed by atoms with Gasteiger partial charge in [0.15, 0.2) is 0 Å². The highest BCUT2D eigenvalue weighted by Gasteiger charge is 2.14. The second kappa shape index (κ2) is 10.7. The Morgan fingerprint density at radius 2 is 1.87 bits per heavy atom. The smallest absolute Gasteiger partial charge is 0.262 e. The summed E-state index contributed by atoms with van der Waals surface area (Å²) in [4.78, 5) is 12.5. The average Bonchev–Trinajstić information content (AvgIpc) is 2.78. The summed E-state index contributed by atoms with van der Waals surface area (Å²) in [5.74, 6) is -0.0433. The zero-order chi connectivity index (χ0) is 22.2. The van der Waals surface area contributed by atoms with Crippen molar-refractivity contribution in [2.75, 3.05) is 0 Å². The van der Waals surface area contributed by atoms with Crippen LogP contribution in [0.2, 0.25) is 0 Å². The minimum absolute atomic E-state index is 0.0264. The van der Waals surface area contributed by atoms with Crippen LogP contribution in [0.4, 0.5) is 4.39 Å². The van der Waals surface area contributed by atoms with Gasteiger partial charge in [0.05, 0.1) is 9.61 Å². The van der Waals surface area contributed by atoms with Crippen molar-refractivity contribution in [2.24, 2.45) is 0 Å². The Kier molecular flexibility index (Phi) is 7.79. The van der Waals surface area contributed by atoms with Crippen LogP contribution >= 0.6 is 22.6 Å². The number of nitrogens with one attached hydrogen (secondary N) is 1. The van der Waals surface area contributed by atoms with Crippen LogP contribution in [0.25, 0.3) is 6.08 Å². The standard InChI is InChI=1S/C25H20FIN2O2/c1-17(20-5-3-2-4-6-20)29-25(30)21(15-28)13-19-9-12-24(23(27)14-19)31-16-18-7-10-22(26)11-8-18/h2-14,17H,16H2,1H3,(H,29,30)/b21-13-/t17-/m0/s1. The van der Waals surface area contributed by atoms with Crippen LogP contribution in [-0.4, -0.2) is 5.91 Å². The van der Waals surface area contributed by atoms with E-state index in [4.69, 9.17) is 4.74 Å². The van der Waals surface area contributed by atoms with Crippen molar-refractivity contribution < 1.29 is 13.9 Å². The first-order valence-corrected chi connectivity index (χ1v) is 10.7. The lowest BCUT2D eigenvalue weighted by Crippen LogP contribution is -2.27. The molecule has 4 nitrogen and oxygen atoms in total. The highest BCUT2D eigenvalue weighted by atomic mass is 127. The van der Waals surface area contributed by atoms with E-state index in [0.29, 0.717) is 12.4 Å². The third-order valence-electron chi connectivity index (χ3n) is 4.59. The lowest BCUT2D eigenvalue weighted by molar-refractivity contribution is -0.117. The Labute approximate surface area is 194 Å². The predicted molar refractivity (Wildman–Crippen MR) is 126 cm³/mol. The van der Waals surface area contributed by atoms with Gasteiger partial charge in [0.1, 0.15) is 29.8 Å². The van der Waals surface area contributed by atoms with Gasteiger partial charge >= 0.3 is 0 Å². The van der Waals surface area contributed by atoms with Crippen LogP contribution in [0.5, 0.6) is 5.75 Å². The molecule has 0 unspecified atom stereocenters. The molecule has 0 spiro atoms. The molecule has 1 atom stereocenters. The molecule has 3 aromatic carbocycles. The van der Waals surface area contributed by atoms with Crippen molar-refractivity contribution in [3.05, 3.63) is 104 Å².